The first-order valence-corrected chi connectivity index (χ1v) is 12.1. The molecule has 6 nitrogen and oxygen atoms in total. The number of terminal acetylenes is 1. The predicted octanol–water partition coefficient (Wildman–Crippen LogP) is 6.14. The Bertz CT molecular complexity index is 1430. The Morgan fingerprint density at radius 2 is 2.06 bits per heavy atom. The number of nitrogens with one attached hydrogen (secondary N) is 2. The van der Waals surface area contributed by atoms with Crippen molar-refractivity contribution in [2.45, 2.75) is 13.3 Å². The molecule has 0 amide bonds. The van der Waals surface area contributed by atoms with Gasteiger partial charge >= 0.3 is 0 Å². The summed E-state index contributed by atoms with van der Waals surface area (Å²) in [6.07, 6.45) is 19.0. The smallest absolute Gasteiger partial charge is 0.155 e. The topological polar surface area (TPSA) is 69.7 Å². The second-order valence-electron chi connectivity index (χ2n) is 7.90. The summed E-state index contributed by atoms with van der Waals surface area (Å²) >= 11 is 1.63. The Morgan fingerprint density at radius 3 is 2.67 bits per heavy atom. The molecular formula is C28H29FN6S. The van der Waals surface area contributed by atoms with Crippen LogP contribution in [0.3, 0.4) is 0 Å². The van der Waals surface area contributed by atoms with Gasteiger partial charge in [0.1, 0.15) is 17.0 Å². The van der Waals surface area contributed by atoms with Gasteiger partial charge < -0.3 is 15.2 Å². The van der Waals surface area contributed by atoms with Gasteiger partial charge in [-0.3, -0.25) is 9.97 Å². The van der Waals surface area contributed by atoms with Gasteiger partial charge in [0.25, 0.3) is 0 Å². The van der Waals surface area contributed by atoms with Crippen LogP contribution in [0.1, 0.15) is 24.0 Å². The van der Waals surface area contributed by atoms with Gasteiger partial charge in [-0.05, 0) is 30.5 Å². The quantitative estimate of drug-likeness (QED) is 0.225. The zero-order chi connectivity index (χ0) is 26.2. The summed E-state index contributed by atoms with van der Waals surface area (Å²) in [5, 5.41) is 5.09. The average molecular weight is 501 g/mol. The molecule has 0 aliphatic carbocycles. The summed E-state index contributed by atoms with van der Waals surface area (Å²) in [7, 11) is 5.59. The molecule has 0 saturated carbocycles. The number of pyridine rings is 2. The molecule has 4 rings (SSSR count). The molecule has 0 aromatic carbocycles. The van der Waals surface area contributed by atoms with Crippen molar-refractivity contribution in [1.82, 2.24) is 24.8 Å². The first-order valence-electron chi connectivity index (χ1n) is 11.2. The van der Waals surface area contributed by atoms with Crippen LogP contribution in [0.15, 0.2) is 66.6 Å². The van der Waals surface area contributed by atoms with Gasteiger partial charge in [-0.25, -0.2) is 9.37 Å². The monoisotopic (exact) mass is 500 g/mol. The lowest BCUT2D eigenvalue weighted by atomic mass is 10.0. The molecule has 2 N–H and O–H groups in total. The van der Waals surface area contributed by atoms with E-state index in [1.807, 2.05) is 61.8 Å². The van der Waals surface area contributed by atoms with Crippen molar-refractivity contribution in [1.29, 1.82) is 0 Å². The van der Waals surface area contributed by atoms with Crippen molar-refractivity contribution < 1.29 is 4.39 Å². The molecule has 0 fully saturated rings. The van der Waals surface area contributed by atoms with E-state index in [4.69, 9.17) is 4.98 Å². The highest BCUT2D eigenvalue weighted by molar-refractivity contribution is 7.13. The molecule has 0 spiro atoms. The number of fused-ring (bicyclic) bond motifs is 1. The van der Waals surface area contributed by atoms with Crippen molar-refractivity contribution in [3.05, 3.63) is 89.5 Å². The zero-order valence-electron chi connectivity index (χ0n) is 20.8. The standard InChI is InChI=1S/C26H27FN6S.C2H2/c1-6-16(11-17(7-2)33(4)5)25-24(27)18(20(28-3)15-30-25)12-23-31-21-14-29-13-19(26(21)32-23)22-9-8-10-34-22;1-2/h6-11,13-15,28H,2,12H2,1,3-5H3,(H,31,32);1-2H/b16-6+,17-11+;. The van der Waals surface area contributed by atoms with E-state index in [1.165, 1.54) is 0 Å². The lowest BCUT2D eigenvalue weighted by Crippen LogP contribution is -2.10. The number of hydrogen-bond acceptors (Lipinski definition) is 6. The number of anilines is 1. The molecule has 36 heavy (non-hydrogen) atoms. The van der Waals surface area contributed by atoms with Crippen molar-refractivity contribution in [2.75, 3.05) is 26.5 Å². The van der Waals surface area contributed by atoms with Crippen LogP contribution in [0.4, 0.5) is 10.1 Å². The summed E-state index contributed by atoms with van der Waals surface area (Å²) in [5.74, 6) is 0.279. The van der Waals surface area contributed by atoms with E-state index in [9.17, 15) is 0 Å². The molecule has 0 saturated heterocycles. The molecule has 0 bridgehead atoms. The highest BCUT2D eigenvalue weighted by atomic mass is 32.1. The summed E-state index contributed by atoms with van der Waals surface area (Å²) in [6, 6.07) is 4.04. The summed E-state index contributed by atoms with van der Waals surface area (Å²) in [5.41, 5.74) is 5.55. The van der Waals surface area contributed by atoms with Crippen molar-refractivity contribution in [3.63, 3.8) is 0 Å². The zero-order valence-corrected chi connectivity index (χ0v) is 21.7. The molecule has 4 heterocycles. The van der Waals surface area contributed by atoms with Crippen LogP contribution in [-0.2, 0) is 6.42 Å². The van der Waals surface area contributed by atoms with Gasteiger partial charge in [-0.2, -0.15) is 0 Å². The van der Waals surface area contributed by atoms with Crippen LogP contribution in [-0.4, -0.2) is 46.0 Å². The number of halogens is 1. The highest BCUT2D eigenvalue weighted by Crippen LogP contribution is 2.32. The van der Waals surface area contributed by atoms with Crippen molar-refractivity contribution in [3.8, 4) is 23.3 Å². The van der Waals surface area contributed by atoms with Crippen LogP contribution in [0, 0.1) is 18.7 Å². The minimum absolute atomic E-state index is 0.277. The van der Waals surface area contributed by atoms with E-state index in [0.29, 0.717) is 22.6 Å². The maximum Gasteiger partial charge on any atom is 0.155 e. The van der Waals surface area contributed by atoms with Gasteiger partial charge in [0.05, 0.1) is 23.6 Å². The summed E-state index contributed by atoms with van der Waals surface area (Å²) < 4.78 is 15.9. The number of aromatic amines is 1. The highest BCUT2D eigenvalue weighted by Gasteiger charge is 2.19. The van der Waals surface area contributed by atoms with Crippen LogP contribution >= 0.6 is 11.3 Å². The lowest BCUT2D eigenvalue weighted by Gasteiger charge is -2.16. The van der Waals surface area contributed by atoms with E-state index in [2.05, 4.69) is 39.7 Å². The Kier molecular flexibility index (Phi) is 8.76. The SMILES string of the molecule is C#C.C=C/C(=C\C(=C/C)c1ncc(NC)c(Cc2nc3c(-c4cccs4)cncc3[nH]2)c1F)N(C)C. The maximum atomic E-state index is 15.9. The molecule has 0 aliphatic rings. The summed E-state index contributed by atoms with van der Waals surface area (Å²) in [4.78, 5) is 19.9. The van der Waals surface area contributed by atoms with Crippen LogP contribution in [0.2, 0.25) is 0 Å². The number of thiophene rings is 1. The number of rotatable bonds is 8. The predicted molar refractivity (Wildman–Crippen MR) is 149 cm³/mol. The number of allylic oxidation sites excluding steroid dienone is 4. The minimum atomic E-state index is -0.379. The third-order valence-corrected chi connectivity index (χ3v) is 6.48. The fourth-order valence-electron chi connectivity index (χ4n) is 3.78. The lowest BCUT2D eigenvalue weighted by molar-refractivity contribution is 0.530. The number of hydrogen-bond donors (Lipinski definition) is 2. The van der Waals surface area contributed by atoms with E-state index in [0.717, 1.165) is 27.2 Å². The molecule has 8 heteroatoms. The fraction of sp³-hybridized carbons (Fsp3) is 0.179. The third-order valence-electron chi connectivity index (χ3n) is 5.58. The van der Waals surface area contributed by atoms with Gasteiger partial charge in [-0.15, -0.1) is 24.2 Å². The minimum Gasteiger partial charge on any atom is -0.387 e. The Balaban J connectivity index is 0.00000176. The number of H-pyrrole nitrogens is 1. The molecule has 4 aromatic heterocycles. The molecule has 0 aliphatic heterocycles. The van der Waals surface area contributed by atoms with Gasteiger partial charge in [0, 0.05) is 61.0 Å². The average Bonchev–Trinajstić information content (AvgIpc) is 3.57. The number of likely N-dealkylation sites (N-methyl/N-ethyl adjacent to an activating group) is 1. The molecule has 0 unspecified atom stereocenters. The molecule has 0 radical (unpaired) electrons. The van der Waals surface area contributed by atoms with E-state index >= 15 is 4.39 Å². The number of imidazole rings is 1. The van der Waals surface area contributed by atoms with Crippen molar-refractivity contribution in [2.24, 2.45) is 0 Å². The number of aromatic nitrogens is 4. The van der Waals surface area contributed by atoms with Crippen molar-refractivity contribution >= 4 is 33.6 Å². The Labute approximate surface area is 215 Å². The summed E-state index contributed by atoms with van der Waals surface area (Å²) in [6.45, 7) is 5.72. The third kappa shape index (κ3) is 5.37. The van der Waals surface area contributed by atoms with Gasteiger partial charge in [-0.1, -0.05) is 18.7 Å². The van der Waals surface area contributed by atoms with Gasteiger partial charge in [0.15, 0.2) is 5.82 Å². The second-order valence-corrected chi connectivity index (χ2v) is 8.84. The van der Waals surface area contributed by atoms with Crippen LogP contribution in [0.25, 0.3) is 27.0 Å². The molecular weight excluding hydrogens is 471 g/mol. The first kappa shape index (κ1) is 26.4. The Hall–Kier alpha value is -4.22. The number of nitrogens with zero attached hydrogens (tertiary/aromatic N) is 4. The molecule has 184 valence electrons. The van der Waals surface area contributed by atoms with Gasteiger partial charge in [0.2, 0.25) is 0 Å². The first-order chi connectivity index (χ1) is 17.5. The van der Waals surface area contributed by atoms with E-state index < -0.39 is 0 Å². The molecule has 0 atom stereocenters. The second kappa shape index (κ2) is 12.0. The van der Waals surface area contributed by atoms with E-state index in [-0.39, 0.29) is 17.9 Å². The van der Waals surface area contributed by atoms with Crippen LogP contribution < -0.4 is 5.32 Å². The largest absolute Gasteiger partial charge is 0.387 e. The van der Waals surface area contributed by atoms with Crippen LogP contribution in [0.5, 0.6) is 0 Å². The fourth-order valence-corrected chi connectivity index (χ4v) is 4.52. The Morgan fingerprint density at radius 1 is 1.28 bits per heavy atom. The molecule has 4 aromatic rings. The normalized spacial score (nSPS) is 11.6. The van der Waals surface area contributed by atoms with E-state index in [1.54, 1.807) is 36.9 Å². The maximum absolute atomic E-state index is 15.9.